The minimum absolute atomic E-state index is 0.236. The highest BCUT2D eigenvalue weighted by Gasteiger charge is 2.21. The molecule has 1 aliphatic carbocycles. The van der Waals surface area contributed by atoms with E-state index in [-0.39, 0.29) is 5.91 Å². The highest BCUT2D eigenvalue weighted by molar-refractivity contribution is 7.21. The summed E-state index contributed by atoms with van der Waals surface area (Å²) in [5.74, 6) is -0.236. The number of nitrogens with two attached hydrogens (primary N) is 1. The van der Waals surface area contributed by atoms with Crippen LogP contribution in [0.25, 0.3) is 32.2 Å². The summed E-state index contributed by atoms with van der Waals surface area (Å²) in [7, 11) is 0. The number of pyridine rings is 1. The standard InChI is InChI=1S/C24H18N4OS2/c25-20-17-11-15-6-3-7-18(15)26-23(17)31-21(20)22(29)28-24-27-19(12-30-24)16-9-8-13-4-1-2-5-14(13)10-16/h1-2,4-5,8-12H,3,6-7,25H2,(H,27,28,29). The molecule has 5 nitrogen and oxygen atoms in total. The molecule has 0 unspecified atom stereocenters. The van der Waals surface area contributed by atoms with E-state index in [1.165, 1.54) is 33.6 Å². The van der Waals surface area contributed by atoms with Gasteiger partial charge in [0.25, 0.3) is 5.91 Å². The highest BCUT2D eigenvalue weighted by atomic mass is 32.1. The first-order valence-electron chi connectivity index (χ1n) is 10.1. The van der Waals surface area contributed by atoms with E-state index in [2.05, 4.69) is 46.7 Å². The number of amides is 1. The van der Waals surface area contributed by atoms with Gasteiger partial charge in [-0.1, -0.05) is 36.4 Å². The Morgan fingerprint density at radius 2 is 1.90 bits per heavy atom. The summed E-state index contributed by atoms with van der Waals surface area (Å²) in [6.45, 7) is 0. The SMILES string of the molecule is Nc1c(C(=O)Nc2nc(-c3ccc4ccccc4c3)cs2)sc2nc3c(cc12)CCC3. The fourth-order valence-corrected chi connectivity index (χ4v) is 5.84. The van der Waals surface area contributed by atoms with Gasteiger partial charge in [-0.2, -0.15) is 0 Å². The molecule has 1 aliphatic rings. The zero-order valence-electron chi connectivity index (χ0n) is 16.5. The van der Waals surface area contributed by atoms with Crippen LogP contribution >= 0.6 is 22.7 Å². The van der Waals surface area contributed by atoms with E-state index in [9.17, 15) is 4.79 Å². The summed E-state index contributed by atoms with van der Waals surface area (Å²) in [6, 6.07) is 16.6. The molecule has 0 radical (unpaired) electrons. The molecule has 31 heavy (non-hydrogen) atoms. The molecule has 0 aliphatic heterocycles. The minimum atomic E-state index is -0.236. The van der Waals surface area contributed by atoms with Gasteiger partial charge in [0, 0.05) is 22.0 Å². The molecule has 152 valence electrons. The van der Waals surface area contributed by atoms with Gasteiger partial charge < -0.3 is 5.73 Å². The summed E-state index contributed by atoms with van der Waals surface area (Å²) in [6.07, 6.45) is 3.17. The number of anilines is 2. The second kappa shape index (κ2) is 7.14. The predicted octanol–water partition coefficient (Wildman–Crippen LogP) is 5.90. The maximum atomic E-state index is 12.9. The van der Waals surface area contributed by atoms with Crippen LogP contribution in [-0.4, -0.2) is 15.9 Å². The molecule has 3 aromatic heterocycles. The minimum Gasteiger partial charge on any atom is -0.397 e. The number of rotatable bonds is 3. The number of thiophene rings is 1. The van der Waals surface area contributed by atoms with Crippen LogP contribution in [0.4, 0.5) is 10.8 Å². The van der Waals surface area contributed by atoms with Crippen molar-refractivity contribution in [1.82, 2.24) is 9.97 Å². The van der Waals surface area contributed by atoms with E-state index in [4.69, 9.17) is 10.7 Å². The maximum Gasteiger partial charge on any atom is 0.269 e. The molecule has 3 N–H and O–H groups in total. The van der Waals surface area contributed by atoms with Crippen LogP contribution in [-0.2, 0) is 12.8 Å². The Morgan fingerprint density at radius 1 is 1.03 bits per heavy atom. The topological polar surface area (TPSA) is 80.9 Å². The smallest absolute Gasteiger partial charge is 0.269 e. The summed E-state index contributed by atoms with van der Waals surface area (Å²) in [4.78, 5) is 23.6. The first-order chi connectivity index (χ1) is 15.2. The number of hydrogen-bond donors (Lipinski definition) is 2. The van der Waals surface area contributed by atoms with Crippen LogP contribution in [0.15, 0.2) is 53.9 Å². The van der Waals surface area contributed by atoms with Gasteiger partial charge in [-0.25, -0.2) is 9.97 Å². The van der Waals surface area contributed by atoms with Crippen LogP contribution in [0.3, 0.4) is 0 Å². The van der Waals surface area contributed by atoms with Gasteiger partial charge in [0.05, 0.1) is 11.4 Å². The summed E-state index contributed by atoms with van der Waals surface area (Å²) < 4.78 is 0. The van der Waals surface area contributed by atoms with Crippen LogP contribution in [0.2, 0.25) is 0 Å². The third-order valence-electron chi connectivity index (χ3n) is 5.73. The second-order valence-electron chi connectivity index (χ2n) is 7.70. The maximum absolute atomic E-state index is 12.9. The van der Waals surface area contributed by atoms with E-state index in [1.54, 1.807) is 0 Å². The first-order valence-corrected chi connectivity index (χ1v) is 11.8. The summed E-state index contributed by atoms with van der Waals surface area (Å²) in [5, 5.41) is 8.66. The number of nitrogens with zero attached hydrogens (tertiary/aromatic N) is 2. The predicted molar refractivity (Wildman–Crippen MR) is 129 cm³/mol. The Hall–Kier alpha value is -3.29. The van der Waals surface area contributed by atoms with Crippen molar-refractivity contribution in [2.24, 2.45) is 0 Å². The van der Waals surface area contributed by atoms with E-state index in [0.717, 1.165) is 51.8 Å². The number of nitrogen functional groups attached to an aromatic ring is 1. The Balaban J connectivity index is 1.28. The fourth-order valence-electron chi connectivity index (χ4n) is 4.13. The van der Waals surface area contributed by atoms with Crippen molar-refractivity contribution in [1.29, 1.82) is 0 Å². The average molecular weight is 443 g/mol. The molecular formula is C24H18N4OS2. The number of thiazole rings is 1. The monoisotopic (exact) mass is 442 g/mol. The molecule has 0 fully saturated rings. The Morgan fingerprint density at radius 3 is 2.81 bits per heavy atom. The third kappa shape index (κ3) is 3.17. The van der Waals surface area contributed by atoms with Crippen molar-refractivity contribution in [2.45, 2.75) is 19.3 Å². The van der Waals surface area contributed by atoms with E-state index >= 15 is 0 Å². The zero-order valence-corrected chi connectivity index (χ0v) is 18.1. The normalized spacial score (nSPS) is 13.0. The van der Waals surface area contributed by atoms with Crippen molar-refractivity contribution in [3.8, 4) is 11.3 Å². The van der Waals surface area contributed by atoms with Crippen LogP contribution in [0, 0.1) is 0 Å². The van der Waals surface area contributed by atoms with Crippen LogP contribution < -0.4 is 11.1 Å². The molecule has 3 heterocycles. The number of nitrogens with one attached hydrogen (secondary N) is 1. The lowest BCUT2D eigenvalue weighted by Gasteiger charge is -2.02. The van der Waals surface area contributed by atoms with Gasteiger partial charge in [0.1, 0.15) is 9.71 Å². The lowest BCUT2D eigenvalue weighted by molar-refractivity contribution is 0.103. The van der Waals surface area contributed by atoms with Crippen LogP contribution in [0.1, 0.15) is 27.3 Å². The lowest BCUT2D eigenvalue weighted by atomic mass is 10.1. The van der Waals surface area contributed by atoms with Crippen molar-refractivity contribution in [3.05, 3.63) is 70.0 Å². The lowest BCUT2D eigenvalue weighted by Crippen LogP contribution is -2.11. The molecule has 0 bridgehead atoms. The molecule has 6 rings (SSSR count). The summed E-state index contributed by atoms with van der Waals surface area (Å²) >= 11 is 2.76. The molecule has 0 saturated heterocycles. The molecular weight excluding hydrogens is 424 g/mol. The number of carbonyl (C=O) groups excluding carboxylic acids is 1. The second-order valence-corrected chi connectivity index (χ2v) is 9.56. The Kier molecular flexibility index (Phi) is 4.26. The zero-order chi connectivity index (χ0) is 20.9. The van der Waals surface area contributed by atoms with Crippen molar-refractivity contribution < 1.29 is 4.79 Å². The van der Waals surface area contributed by atoms with Crippen molar-refractivity contribution in [3.63, 3.8) is 0 Å². The van der Waals surface area contributed by atoms with Crippen molar-refractivity contribution >= 4 is 60.4 Å². The molecule has 0 atom stereocenters. The van der Waals surface area contributed by atoms with Gasteiger partial charge >= 0.3 is 0 Å². The molecule has 5 aromatic rings. The number of aromatic nitrogens is 2. The van der Waals surface area contributed by atoms with Crippen molar-refractivity contribution in [2.75, 3.05) is 11.1 Å². The molecule has 0 saturated carbocycles. The number of fused-ring (bicyclic) bond motifs is 3. The van der Waals surface area contributed by atoms with E-state index in [1.807, 2.05) is 17.5 Å². The van der Waals surface area contributed by atoms with Gasteiger partial charge in [0.15, 0.2) is 5.13 Å². The average Bonchev–Trinajstić information content (AvgIpc) is 3.51. The van der Waals surface area contributed by atoms with Gasteiger partial charge in [-0.3, -0.25) is 10.1 Å². The number of hydrogen-bond acceptors (Lipinski definition) is 6. The Labute approximate surface area is 186 Å². The number of aryl methyl sites for hydroxylation is 2. The Bertz CT molecular complexity index is 1480. The van der Waals surface area contributed by atoms with Gasteiger partial charge in [-0.05, 0) is 47.7 Å². The fraction of sp³-hybridized carbons (Fsp3) is 0.125. The molecule has 2 aromatic carbocycles. The molecule has 0 spiro atoms. The van der Waals surface area contributed by atoms with Gasteiger partial charge in [-0.15, -0.1) is 22.7 Å². The van der Waals surface area contributed by atoms with Gasteiger partial charge in [0.2, 0.25) is 0 Å². The number of carbonyl (C=O) groups is 1. The van der Waals surface area contributed by atoms with E-state index < -0.39 is 0 Å². The molecule has 1 amide bonds. The first kappa shape index (κ1) is 18.5. The largest absolute Gasteiger partial charge is 0.397 e. The number of benzene rings is 2. The molecule has 7 heteroatoms. The third-order valence-corrected chi connectivity index (χ3v) is 7.60. The quantitative estimate of drug-likeness (QED) is 0.365. The van der Waals surface area contributed by atoms with E-state index in [0.29, 0.717) is 15.7 Å². The summed E-state index contributed by atoms with van der Waals surface area (Å²) in [5.41, 5.74) is 11.1. The van der Waals surface area contributed by atoms with Crippen LogP contribution in [0.5, 0.6) is 0 Å². The highest BCUT2D eigenvalue weighted by Crippen LogP contribution is 2.36.